The maximum atomic E-state index is 13.7. The Morgan fingerprint density at radius 1 is 1.08 bits per heavy atom. The summed E-state index contributed by atoms with van der Waals surface area (Å²) in [6.45, 7) is 2.16. The van der Waals surface area contributed by atoms with E-state index >= 15 is 0 Å². The van der Waals surface area contributed by atoms with Gasteiger partial charge in [-0.15, -0.1) is 0 Å². The number of likely N-dealkylation sites (N-methyl/N-ethyl adjacent to an activating group) is 1. The van der Waals surface area contributed by atoms with E-state index in [1.165, 1.54) is 24.7 Å². The number of nitrogens with one attached hydrogen (secondary N) is 2. The van der Waals surface area contributed by atoms with Crippen LogP contribution < -0.4 is 16.0 Å². The van der Waals surface area contributed by atoms with Crippen LogP contribution in [-0.4, -0.2) is 32.0 Å². The zero-order valence-electron chi connectivity index (χ0n) is 15.1. The highest BCUT2D eigenvalue weighted by molar-refractivity contribution is 5.84. The van der Waals surface area contributed by atoms with E-state index in [1.807, 2.05) is 35.6 Å². The van der Waals surface area contributed by atoms with Crippen LogP contribution in [0.1, 0.15) is 29.7 Å². The average molecular weight is 358 g/mol. The van der Waals surface area contributed by atoms with Gasteiger partial charge >= 0.3 is 0 Å². The fourth-order valence-corrected chi connectivity index (χ4v) is 2.69. The summed E-state index contributed by atoms with van der Waals surface area (Å²) in [6, 6.07) is 14.3. The highest BCUT2D eigenvalue weighted by atomic mass is 19.1. The van der Waals surface area contributed by atoms with Crippen molar-refractivity contribution in [1.82, 2.24) is 10.6 Å². The lowest BCUT2D eigenvalue weighted by Gasteiger charge is -2.17. The first kappa shape index (κ1) is 19.6. The molecule has 0 spiro atoms. The molecule has 138 valence electrons. The first-order valence-electron chi connectivity index (χ1n) is 8.68. The fourth-order valence-electron chi connectivity index (χ4n) is 2.69. The van der Waals surface area contributed by atoms with Crippen LogP contribution in [0.5, 0.6) is 0 Å². The van der Waals surface area contributed by atoms with Crippen molar-refractivity contribution in [3.05, 3.63) is 71.0 Å². The summed E-state index contributed by atoms with van der Waals surface area (Å²) in [5, 5.41) is 6.86. The zero-order valence-corrected chi connectivity index (χ0v) is 15.1. The predicted molar refractivity (Wildman–Crippen MR) is 97.9 cm³/mol. The minimum Gasteiger partial charge on any atom is -0.358 e. The Morgan fingerprint density at radius 3 is 2.42 bits per heavy atom. The first-order chi connectivity index (χ1) is 12.5. The number of hydrogen-bond acceptors (Lipinski definition) is 2. The SMILES string of the molecule is CCc1ccc([C@@H]([NH2+]CC(=O)NCC(=O)NC)c2cccc(F)c2)cc1. The summed E-state index contributed by atoms with van der Waals surface area (Å²) >= 11 is 0. The molecule has 0 aliphatic carbocycles. The number of halogens is 1. The molecule has 2 aromatic carbocycles. The molecule has 0 aliphatic heterocycles. The van der Waals surface area contributed by atoms with E-state index in [0.29, 0.717) is 0 Å². The Kier molecular flexibility index (Phi) is 7.29. The molecule has 2 aromatic rings. The first-order valence-corrected chi connectivity index (χ1v) is 8.68. The Bertz CT molecular complexity index is 747. The lowest BCUT2D eigenvalue weighted by molar-refractivity contribution is -0.676. The van der Waals surface area contributed by atoms with Crippen LogP contribution in [0, 0.1) is 5.82 Å². The van der Waals surface area contributed by atoms with Crippen molar-refractivity contribution in [2.75, 3.05) is 20.1 Å². The van der Waals surface area contributed by atoms with Gasteiger partial charge in [-0.05, 0) is 24.1 Å². The maximum absolute atomic E-state index is 13.7. The van der Waals surface area contributed by atoms with Crippen molar-refractivity contribution in [3.8, 4) is 0 Å². The lowest BCUT2D eigenvalue weighted by Crippen LogP contribution is -2.87. The highest BCUT2D eigenvalue weighted by Gasteiger charge is 2.19. The minimum absolute atomic E-state index is 0.0565. The third kappa shape index (κ3) is 5.67. The molecular formula is C20H25FN3O2+. The predicted octanol–water partition coefficient (Wildman–Crippen LogP) is 0.903. The topological polar surface area (TPSA) is 74.8 Å². The van der Waals surface area contributed by atoms with Crippen LogP contribution in [-0.2, 0) is 16.0 Å². The summed E-state index contributed by atoms with van der Waals surface area (Å²) < 4.78 is 13.7. The van der Waals surface area contributed by atoms with Crippen LogP contribution >= 0.6 is 0 Å². The Morgan fingerprint density at radius 2 is 1.81 bits per heavy atom. The third-order valence-corrected chi connectivity index (χ3v) is 4.22. The average Bonchev–Trinajstić information content (AvgIpc) is 2.66. The number of hydrogen-bond donors (Lipinski definition) is 3. The van der Waals surface area contributed by atoms with E-state index in [4.69, 9.17) is 0 Å². The van der Waals surface area contributed by atoms with Crippen LogP contribution in [0.2, 0.25) is 0 Å². The molecule has 0 radical (unpaired) electrons. The molecule has 0 unspecified atom stereocenters. The van der Waals surface area contributed by atoms with Gasteiger partial charge in [0.1, 0.15) is 11.9 Å². The van der Waals surface area contributed by atoms with Crippen LogP contribution in [0.25, 0.3) is 0 Å². The van der Waals surface area contributed by atoms with E-state index in [2.05, 4.69) is 17.6 Å². The van der Waals surface area contributed by atoms with Crippen molar-refractivity contribution >= 4 is 11.8 Å². The van der Waals surface area contributed by atoms with Gasteiger partial charge in [0.25, 0.3) is 5.91 Å². The molecule has 0 fully saturated rings. The van der Waals surface area contributed by atoms with Gasteiger partial charge in [0.2, 0.25) is 5.91 Å². The highest BCUT2D eigenvalue weighted by Crippen LogP contribution is 2.20. The second-order valence-electron chi connectivity index (χ2n) is 6.02. The molecule has 1 atom stereocenters. The molecule has 5 nitrogen and oxygen atoms in total. The summed E-state index contributed by atoms with van der Waals surface area (Å²) in [6.07, 6.45) is 0.941. The fraction of sp³-hybridized carbons (Fsp3) is 0.300. The molecule has 0 saturated carbocycles. The Labute approximate surface area is 153 Å². The number of amides is 2. The number of quaternary nitrogens is 1. The molecule has 26 heavy (non-hydrogen) atoms. The lowest BCUT2D eigenvalue weighted by atomic mass is 9.97. The van der Waals surface area contributed by atoms with Crippen LogP contribution in [0.15, 0.2) is 48.5 Å². The standard InChI is InChI=1S/C20H24FN3O2/c1-3-14-7-9-15(10-8-14)20(16-5-4-6-17(21)11-16)24-13-19(26)23-12-18(25)22-2/h4-11,20,24H,3,12-13H2,1-2H3,(H,22,25)(H,23,26)/p+1/t20-/m1/s1. The second kappa shape index (κ2) is 9.68. The Balaban J connectivity index is 2.13. The van der Waals surface area contributed by atoms with Gasteiger partial charge < -0.3 is 16.0 Å². The molecule has 0 heterocycles. The van der Waals surface area contributed by atoms with Crippen molar-refractivity contribution in [3.63, 3.8) is 0 Å². The van der Waals surface area contributed by atoms with E-state index in [-0.39, 0.29) is 36.8 Å². The van der Waals surface area contributed by atoms with Crippen LogP contribution in [0.3, 0.4) is 0 Å². The van der Waals surface area contributed by atoms with E-state index in [0.717, 1.165) is 17.5 Å². The smallest absolute Gasteiger partial charge is 0.275 e. The van der Waals surface area contributed by atoms with Gasteiger partial charge in [-0.25, -0.2) is 4.39 Å². The van der Waals surface area contributed by atoms with Crippen LogP contribution in [0.4, 0.5) is 4.39 Å². The molecule has 4 N–H and O–H groups in total. The van der Waals surface area contributed by atoms with E-state index in [9.17, 15) is 14.0 Å². The molecule has 2 amide bonds. The van der Waals surface area contributed by atoms with Gasteiger partial charge in [0, 0.05) is 18.2 Å². The van der Waals surface area contributed by atoms with Gasteiger partial charge in [-0.1, -0.05) is 43.3 Å². The second-order valence-corrected chi connectivity index (χ2v) is 6.02. The largest absolute Gasteiger partial charge is 0.358 e. The quantitative estimate of drug-likeness (QED) is 0.656. The molecule has 6 heteroatoms. The molecule has 0 aromatic heterocycles. The zero-order chi connectivity index (χ0) is 18.9. The third-order valence-electron chi connectivity index (χ3n) is 4.22. The number of rotatable bonds is 8. The summed E-state index contributed by atoms with van der Waals surface area (Å²) in [5.74, 6) is -0.814. The molecule has 2 rings (SSSR count). The van der Waals surface area contributed by atoms with Gasteiger partial charge in [-0.3, -0.25) is 9.59 Å². The van der Waals surface area contributed by atoms with Crippen molar-refractivity contribution < 1.29 is 19.3 Å². The summed E-state index contributed by atoms with van der Waals surface area (Å²) in [5.41, 5.74) is 3.00. The van der Waals surface area contributed by atoms with Crippen molar-refractivity contribution in [2.24, 2.45) is 0 Å². The maximum Gasteiger partial charge on any atom is 0.275 e. The number of carbonyl (C=O) groups is 2. The normalized spacial score (nSPS) is 11.7. The summed E-state index contributed by atoms with van der Waals surface area (Å²) in [4.78, 5) is 23.2. The van der Waals surface area contributed by atoms with Crippen molar-refractivity contribution in [2.45, 2.75) is 19.4 Å². The monoisotopic (exact) mass is 358 g/mol. The Hall–Kier alpha value is -2.73. The van der Waals surface area contributed by atoms with Gasteiger partial charge in [-0.2, -0.15) is 0 Å². The molecular weight excluding hydrogens is 333 g/mol. The number of benzene rings is 2. The number of aryl methyl sites for hydroxylation is 1. The van der Waals surface area contributed by atoms with E-state index < -0.39 is 0 Å². The van der Waals surface area contributed by atoms with E-state index in [1.54, 1.807) is 6.07 Å². The minimum atomic E-state index is -0.310. The number of nitrogens with two attached hydrogens (primary N) is 1. The summed E-state index contributed by atoms with van der Waals surface area (Å²) in [7, 11) is 1.51. The molecule has 0 aliphatic rings. The van der Waals surface area contributed by atoms with Crippen molar-refractivity contribution in [1.29, 1.82) is 0 Å². The molecule has 0 bridgehead atoms. The number of carbonyl (C=O) groups excluding carboxylic acids is 2. The molecule has 0 saturated heterocycles. The van der Waals surface area contributed by atoms with Gasteiger partial charge in [0.05, 0.1) is 6.54 Å². The van der Waals surface area contributed by atoms with Gasteiger partial charge in [0.15, 0.2) is 6.54 Å².